The molecular weight excluding hydrogens is 240 g/mol. The molecule has 0 unspecified atom stereocenters. The fourth-order valence-corrected chi connectivity index (χ4v) is 2.87. The van der Waals surface area contributed by atoms with E-state index in [-0.39, 0.29) is 17.6 Å². The molecule has 1 aromatic carbocycles. The van der Waals surface area contributed by atoms with Gasteiger partial charge in [0.1, 0.15) is 0 Å². The van der Waals surface area contributed by atoms with E-state index in [1.165, 1.54) is 0 Å². The van der Waals surface area contributed by atoms with Crippen molar-refractivity contribution in [2.45, 2.75) is 39.0 Å². The number of rotatable bonds is 4. The van der Waals surface area contributed by atoms with Crippen LogP contribution in [-0.2, 0) is 4.79 Å². The van der Waals surface area contributed by atoms with Crippen LogP contribution in [0.2, 0.25) is 0 Å². The van der Waals surface area contributed by atoms with Crippen LogP contribution in [0.3, 0.4) is 0 Å². The number of carboxylic acids is 1. The minimum atomic E-state index is -0.749. The Bertz CT molecular complexity index is 461. The summed E-state index contributed by atoms with van der Waals surface area (Å²) in [7, 11) is 0. The van der Waals surface area contributed by atoms with Gasteiger partial charge in [0, 0.05) is 12.0 Å². The molecule has 102 valence electrons. The molecule has 1 N–H and O–H groups in total. The van der Waals surface area contributed by atoms with Crippen LogP contribution in [0.1, 0.15) is 48.0 Å². The Hall–Kier alpha value is -1.64. The van der Waals surface area contributed by atoms with Gasteiger partial charge in [-0.2, -0.15) is 0 Å². The normalized spacial score (nSPS) is 23.0. The van der Waals surface area contributed by atoms with Crippen LogP contribution < -0.4 is 0 Å². The number of carbonyl (C=O) groups is 2. The molecule has 0 heterocycles. The molecule has 2 rings (SSSR count). The van der Waals surface area contributed by atoms with E-state index in [1.807, 2.05) is 31.2 Å². The summed E-state index contributed by atoms with van der Waals surface area (Å²) in [5.41, 5.74) is 1.82. The maximum absolute atomic E-state index is 12.2. The zero-order valence-electron chi connectivity index (χ0n) is 11.3. The van der Waals surface area contributed by atoms with Crippen molar-refractivity contribution >= 4 is 11.8 Å². The third-order valence-electron chi connectivity index (χ3n) is 4.05. The summed E-state index contributed by atoms with van der Waals surface area (Å²) in [6.45, 7) is 1.98. The number of aliphatic carboxylic acids is 1. The predicted octanol–water partition coefficient (Wildman–Crippen LogP) is 3.46. The van der Waals surface area contributed by atoms with Crippen LogP contribution in [0.5, 0.6) is 0 Å². The van der Waals surface area contributed by atoms with Gasteiger partial charge in [0.05, 0.1) is 5.92 Å². The van der Waals surface area contributed by atoms with Crippen molar-refractivity contribution in [3.8, 4) is 0 Å². The highest BCUT2D eigenvalue weighted by molar-refractivity contribution is 5.96. The zero-order valence-corrected chi connectivity index (χ0v) is 11.3. The van der Waals surface area contributed by atoms with E-state index in [2.05, 4.69) is 0 Å². The minimum Gasteiger partial charge on any atom is -0.481 e. The van der Waals surface area contributed by atoms with Crippen LogP contribution in [-0.4, -0.2) is 16.9 Å². The summed E-state index contributed by atoms with van der Waals surface area (Å²) in [6.07, 6.45) is 3.93. The Balaban J connectivity index is 2.04. The molecule has 0 aromatic heterocycles. The van der Waals surface area contributed by atoms with Gasteiger partial charge in [0.15, 0.2) is 5.78 Å². The Morgan fingerprint density at radius 3 is 2.42 bits per heavy atom. The molecule has 0 amide bonds. The number of carbonyl (C=O) groups excluding carboxylic acids is 1. The lowest BCUT2D eigenvalue weighted by atomic mass is 9.76. The summed E-state index contributed by atoms with van der Waals surface area (Å²) in [4.78, 5) is 23.4. The number of aryl methyl sites for hydroxylation is 1. The third-order valence-corrected chi connectivity index (χ3v) is 4.05. The molecule has 1 saturated carbocycles. The summed E-state index contributed by atoms with van der Waals surface area (Å²) in [5, 5.41) is 9.22. The van der Waals surface area contributed by atoms with Gasteiger partial charge in [-0.1, -0.05) is 42.7 Å². The molecule has 1 fully saturated rings. The van der Waals surface area contributed by atoms with Crippen molar-refractivity contribution in [2.24, 2.45) is 11.8 Å². The number of carboxylic acid groups (broad SMARTS) is 1. The maximum Gasteiger partial charge on any atom is 0.306 e. The lowest BCUT2D eigenvalue weighted by molar-refractivity contribution is -0.144. The van der Waals surface area contributed by atoms with E-state index in [1.54, 1.807) is 0 Å². The molecule has 0 radical (unpaired) electrons. The summed E-state index contributed by atoms with van der Waals surface area (Å²) in [5.74, 6) is -1.03. The molecule has 3 heteroatoms. The molecule has 0 saturated heterocycles. The lowest BCUT2D eigenvalue weighted by Crippen LogP contribution is -2.28. The highest BCUT2D eigenvalue weighted by atomic mass is 16.4. The number of Topliss-reactive ketones (excluding diaryl/α,β-unsaturated/α-hetero) is 1. The molecule has 3 nitrogen and oxygen atoms in total. The van der Waals surface area contributed by atoms with Gasteiger partial charge in [-0.15, -0.1) is 0 Å². The zero-order chi connectivity index (χ0) is 13.8. The van der Waals surface area contributed by atoms with Crippen molar-refractivity contribution in [2.75, 3.05) is 0 Å². The van der Waals surface area contributed by atoms with Crippen molar-refractivity contribution in [1.29, 1.82) is 0 Å². The average Bonchev–Trinajstić information content (AvgIpc) is 2.39. The molecule has 2 atom stereocenters. The summed E-state index contributed by atoms with van der Waals surface area (Å²) >= 11 is 0. The highest BCUT2D eigenvalue weighted by Gasteiger charge is 2.32. The number of hydrogen-bond donors (Lipinski definition) is 1. The monoisotopic (exact) mass is 260 g/mol. The van der Waals surface area contributed by atoms with E-state index in [4.69, 9.17) is 0 Å². The second-order valence-corrected chi connectivity index (χ2v) is 5.48. The second kappa shape index (κ2) is 6.00. The van der Waals surface area contributed by atoms with Crippen LogP contribution in [0, 0.1) is 18.8 Å². The smallest absolute Gasteiger partial charge is 0.306 e. The average molecular weight is 260 g/mol. The largest absolute Gasteiger partial charge is 0.481 e. The van der Waals surface area contributed by atoms with Crippen LogP contribution >= 0.6 is 0 Å². The number of benzene rings is 1. The van der Waals surface area contributed by atoms with Crippen molar-refractivity contribution in [3.63, 3.8) is 0 Å². The summed E-state index contributed by atoms with van der Waals surface area (Å²) in [6, 6.07) is 7.50. The molecule has 1 aromatic rings. The molecule has 0 aliphatic heterocycles. The first-order chi connectivity index (χ1) is 9.08. The first-order valence-corrected chi connectivity index (χ1v) is 6.90. The second-order valence-electron chi connectivity index (χ2n) is 5.48. The van der Waals surface area contributed by atoms with E-state index in [9.17, 15) is 14.7 Å². The van der Waals surface area contributed by atoms with E-state index < -0.39 is 5.97 Å². The van der Waals surface area contributed by atoms with E-state index >= 15 is 0 Å². The molecule has 1 aliphatic carbocycles. The van der Waals surface area contributed by atoms with Crippen molar-refractivity contribution in [3.05, 3.63) is 35.4 Å². The van der Waals surface area contributed by atoms with Gasteiger partial charge in [-0.3, -0.25) is 9.59 Å². The maximum atomic E-state index is 12.2. The van der Waals surface area contributed by atoms with Gasteiger partial charge in [-0.25, -0.2) is 0 Å². The molecule has 0 spiro atoms. The van der Waals surface area contributed by atoms with E-state index in [0.717, 1.165) is 24.8 Å². The quantitative estimate of drug-likeness (QED) is 0.843. The van der Waals surface area contributed by atoms with Gasteiger partial charge >= 0.3 is 5.97 Å². The van der Waals surface area contributed by atoms with Crippen molar-refractivity contribution < 1.29 is 14.7 Å². The lowest BCUT2D eigenvalue weighted by Gasteiger charge is -2.27. The van der Waals surface area contributed by atoms with E-state index in [0.29, 0.717) is 18.4 Å². The topological polar surface area (TPSA) is 54.4 Å². The standard InChI is InChI=1S/C16H20O3/c1-11-6-8-12(9-7-11)15(17)10-13-4-2-3-5-14(13)16(18)19/h6-9,13-14H,2-5,10H2,1H3,(H,18,19)/t13-,14+/m0/s1. The van der Waals surface area contributed by atoms with Gasteiger partial charge < -0.3 is 5.11 Å². The fourth-order valence-electron chi connectivity index (χ4n) is 2.87. The minimum absolute atomic E-state index is 0.0000491. The third kappa shape index (κ3) is 3.43. The molecule has 0 bridgehead atoms. The Morgan fingerprint density at radius 1 is 1.16 bits per heavy atom. The van der Waals surface area contributed by atoms with Gasteiger partial charge in [0.2, 0.25) is 0 Å². The van der Waals surface area contributed by atoms with Crippen LogP contribution in [0.25, 0.3) is 0 Å². The summed E-state index contributed by atoms with van der Waals surface area (Å²) < 4.78 is 0. The van der Waals surface area contributed by atoms with Crippen molar-refractivity contribution in [1.82, 2.24) is 0 Å². The predicted molar refractivity (Wildman–Crippen MR) is 73.2 cm³/mol. The Kier molecular flexibility index (Phi) is 4.35. The molecule has 19 heavy (non-hydrogen) atoms. The van der Waals surface area contributed by atoms with Gasteiger partial charge in [0.25, 0.3) is 0 Å². The Morgan fingerprint density at radius 2 is 1.79 bits per heavy atom. The highest BCUT2D eigenvalue weighted by Crippen LogP contribution is 2.33. The number of ketones is 1. The van der Waals surface area contributed by atoms with Gasteiger partial charge in [-0.05, 0) is 25.7 Å². The fraction of sp³-hybridized carbons (Fsp3) is 0.500. The SMILES string of the molecule is Cc1ccc(C(=O)C[C@@H]2CCCC[C@H]2C(=O)O)cc1. The van der Waals surface area contributed by atoms with Crippen LogP contribution in [0.4, 0.5) is 0 Å². The Labute approximate surface area is 113 Å². The first-order valence-electron chi connectivity index (χ1n) is 6.90. The number of hydrogen-bond acceptors (Lipinski definition) is 2. The molecule has 1 aliphatic rings. The van der Waals surface area contributed by atoms with Crippen LogP contribution in [0.15, 0.2) is 24.3 Å². The molecular formula is C16H20O3. The first kappa shape index (κ1) is 13.8.